The third kappa shape index (κ3) is 7.97. The minimum Gasteiger partial charge on any atom is -0.383 e. The van der Waals surface area contributed by atoms with Crippen molar-refractivity contribution in [2.75, 3.05) is 46.4 Å². The van der Waals surface area contributed by atoms with Gasteiger partial charge in [0.05, 0.1) is 6.61 Å². The van der Waals surface area contributed by atoms with E-state index in [2.05, 4.69) is 22.5 Å². The average molecular weight is 424 g/mol. The van der Waals surface area contributed by atoms with E-state index < -0.39 is 0 Å². The second kappa shape index (κ2) is 11.5. The molecule has 2 rings (SSSR count). The molecule has 1 saturated carbocycles. The fourth-order valence-electron chi connectivity index (χ4n) is 2.80. The molecule has 2 N–H and O–H groups in total. The molecule has 0 amide bonds. The lowest BCUT2D eigenvalue weighted by molar-refractivity contribution is 0.128. The summed E-state index contributed by atoms with van der Waals surface area (Å²) in [5.74, 6) is 1.97. The fourth-order valence-corrected chi connectivity index (χ4v) is 2.80. The summed E-state index contributed by atoms with van der Waals surface area (Å²) in [5, 5.41) is 6.98. The molecule has 6 heteroatoms. The molecule has 1 aliphatic carbocycles. The van der Waals surface area contributed by atoms with E-state index in [1.54, 1.807) is 7.11 Å². The molecule has 22 heavy (non-hydrogen) atoms. The SMILES string of the molecule is CCNC(=NCCC1CC1)NC1CCN(CCOC)CC1.I. The molecule has 0 atom stereocenters. The summed E-state index contributed by atoms with van der Waals surface area (Å²) in [6.07, 6.45) is 6.47. The van der Waals surface area contributed by atoms with Crippen LogP contribution < -0.4 is 10.6 Å². The lowest BCUT2D eigenvalue weighted by Gasteiger charge is -2.32. The van der Waals surface area contributed by atoms with Gasteiger partial charge in [-0.05, 0) is 32.1 Å². The van der Waals surface area contributed by atoms with E-state index >= 15 is 0 Å². The first-order valence-electron chi connectivity index (χ1n) is 8.58. The van der Waals surface area contributed by atoms with Gasteiger partial charge in [0.15, 0.2) is 5.96 Å². The predicted molar refractivity (Wildman–Crippen MR) is 103 cm³/mol. The van der Waals surface area contributed by atoms with Crippen LogP contribution >= 0.6 is 24.0 Å². The molecular weight excluding hydrogens is 391 g/mol. The summed E-state index contributed by atoms with van der Waals surface area (Å²) in [5.41, 5.74) is 0. The number of likely N-dealkylation sites (tertiary alicyclic amines) is 1. The van der Waals surface area contributed by atoms with Crippen LogP contribution in [0.15, 0.2) is 4.99 Å². The number of hydrogen-bond acceptors (Lipinski definition) is 3. The van der Waals surface area contributed by atoms with E-state index in [4.69, 9.17) is 9.73 Å². The van der Waals surface area contributed by atoms with E-state index in [0.717, 1.165) is 51.2 Å². The molecule has 0 unspecified atom stereocenters. The van der Waals surface area contributed by atoms with Crippen molar-refractivity contribution in [1.82, 2.24) is 15.5 Å². The number of methoxy groups -OCH3 is 1. The Kier molecular flexibility index (Phi) is 10.4. The first-order valence-corrected chi connectivity index (χ1v) is 8.58. The van der Waals surface area contributed by atoms with E-state index in [1.165, 1.54) is 32.1 Å². The van der Waals surface area contributed by atoms with Crippen LogP contribution in [-0.2, 0) is 4.74 Å². The van der Waals surface area contributed by atoms with Crippen molar-refractivity contribution in [1.29, 1.82) is 0 Å². The summed E-state index contributed by atoms with van der Waals surface area (Å²) in [6.45, 7) is 8.23. The molecule has 0 aromatic rings. The molecule has 1 heterocycles. The summed E-state index contributed by atoms with van der Waals surface area (Å²) in [4.78, 5) is 7.20. The molecule has 5 nitrogen and oxygen atoms in total. The van der Waals surface area contributed by atoms with E-state index in [1.807, 2.05) is 0 Å². The van der Waals surface area contributed by atoms with Gasteiger partial charge in [0.2, 0.25) is 0 Å². The van der Waals surface area contributed by atoms with Gasteiger partial charge in [0.1, 0.15) is 0 Å². The number of aliphatic imine (C=N–C) groups is 1. The molecule has 1 saturated heterocycles. The summed E-state index contributed by atoms with van der Waals surface area (Å²) < 4.78 is 5.15. The standard InChI is InChI=1S/C16H32N4O.HI/c1-3-17-16(18-9-6-14-4-5-14)19-15-7-10-20(11-8-15)12-13-21-2;/h14-15H,3-13H2,1-2H3,(H2,17,18,19);1H. The highest BCUT2D eigenvalue weighted by molar-refractivity contribution is 14.0. The monoisotopic (exact) mass is 424 g/mol. The van der Waals surface area contributed by atoms with Gasteiger partial charge < -0.3 is 20.3 Å². The maximum absolute atomic E-state index is 5.15. The molecule has 0 aromatic heterocycles. The van der Waals surface area contributed by atoms with Gasteiger partial charge in [0.25, 0.3) is 0 Å². The molecule has 130 valence electrons. The maximum Gasteiger partial charge on any atom is 0.191 e. The topological polar surface area (TPSA) is 48.9 Å². The number of piperidine rings is 1. The highest BCUT2D eigenvalue weighted by atomic mass is 127. The van der Waals surface area contributed by atoms with Crippen LogP contribution in [0.5, 0.6) is 0 Å². The van der Waals surface area contributed by atoms with Crippen LogP contribution in [0.3, 0.4) is 0 Å². The minimum absolute atomic E-state index is 0. The summed E-state index contributed by atoms with van der Waals surface area (Å²) >= 11 is 0. The number of nitrogens with zero attached hydrogens (tertiary/aromatic N) is 2. The van der Waals surface area contributed by atoms with Crippen molar-refractivity contribution >= 4 is 29.9 Å². The van der Waals surface area contributed by atoms with Crippen molar-refractivity contribution in [2.45, 2.75) is 45.1 Å². The van der Waals surface area contributed by atoms with Crippen LogP contribution in [0.4, 0.5) is 0 Å². The van der Waals surface area contributed by atoms with Crippen molar-refractivity contribution in [2.24, 2.45) is 10.9 Å². The smallest absolute Gasteiger partial charge is 0.191 e. The van der Waals surface area contributed by atoms with Gasteiger partial charge >= 0.3 is 0 Å². The zero-order valence-corrected chi connectivity index (χ0v) is 16.5. The highest BCUT2D eigenvalue weighted by Crippen LogP contribution is 2.32. The normalized spacial score (nSPS) is 20.5. The van der Waals surface area contributed by atoms with Crippen LogP contribution in [0.2, 0.25) is 0 Å². The van der Waals surface area contributed by atoms with Gasteiger partial charge in [-0.15, -0.1) is 24.0 Å². The third-order valence-electron chi connectivity index (χ3n) is 4.39. The summed E-state index contributed by atoms with van der Waals surface area (Å²) in [6, 6.07) is 0.558. The van der Waals surface area contributed by atoms with Gasteiger partial charge in [-0.3, -0.25) is 4.99 Å². The molecule has 2 aliphatic rings. The molecule has 0 bridgehead atoms. The second-order valence-corrected chi connectivity index (χ2v) is 6.25. The first-order chi connectivity index (χ1) is 10.3. The number of hydrogen-bond donors (Lipinski definition) is 2. The van der Waals surface area contributed by atoms with Crippen molar-refractivity contribution in [3.63, 3.8) is 0 Å². The molecule has 1 aliphatic heterocycles. The molecule has 0 spiro atoms. The summed E-state index contributed by atoms with van der Waals surface area (Å²) in [7, 11) is 1.77. The van der Waals surface area contributed by atoms with Crippen molar-refractivity contribution < 1.29 is 4.74 Å². The van der Waals surface area contributed by atoms with Crippen molar-refractivity contribution in [3.05, 3.63) is 0 Å². The Morgan fingerprint density at radius 1 is 1.23 bits per heavy atom. The Balaban J connectivity index is 0.00000242. The number of nitrogens with one attached hydrogen (secondary N) is 2. The van der Waals surface area contributed by atoms with Gasteiger partial charge in [-0.25, -0.2) is 0 Å². The van der Waals surface area contributed by atoms with Gasteiger partial charge in [-0.1, -0.05) is 12.8 Å². The zero-order valence-electron chi connectivity index (χ0n) is 14.1. The molecule has 2 fully saturated rings. The predicted octanol–water partition coefficient (Wildman–Crippen LogP) is 2.07. The van der Waals surface area contributed by atoms with Gasteiger partial charge in [0, 0.05) is 45.9 Å². The largest absolute Gasteiger partial charge is 0.383 e. The fraction of sp³-hybridized carbons (Fsp3) is 0.938. The quantitative estimate of drug-likeness (QED) is 0.356. The number of halogens is 1. The first kappa shape index (κ1) is 20.0. The molecular formula is C16H33IN4O. The minimum atomic E-state index is 0. The van der Waals surface area contributed by atoms with E-state index in [-0.39, 0.29) is 24.0 Å². The Hall–Kier alpha value is -0.0800. The Labute approximate surface area is 152 Å². The third-order valence-corrected chi connectivity index (χ3v) is 4.39. The van der Waals surface area contributed by atoms with Crippen LogP contribution in [0.1, 0.15) is 39.0 Å². The molecule has 0 radical (unpaired) electrons. The number of rotatable bonds is 8. The second-order valence-electron chi connectivity index (χ2n) is 6.25. The van der Waals surface area contributed by atoms with Crippen molar-refractivity contribution in [3.8, 4) is 0 Å². The lowest BCUT2D eigenvalue weighted by atomic mass is 10.1. The van der Waals surface area contributed by atoms with Crippen LogP contribution in [-0.4, -0.2) is 63.3 Å². The Morgan fingerprint density at radius 3 is 2.55 bits per heavy atom. The number of ether oxygens (including phenoxy) is 1. The van der Waals surface area contributed by atoms with E-state index in [0.29, 0.717) is 6.04 Å². The Bertz CT molecular complexity index is 315. The lowest BCUT2D eigenvalue weighted by Crippen LogP contribution is -2.49. The molecule has 0 aromatic carbocycles. The average Bonchev–Trinajstić information content (AvgIpc) is 3.31. The zero-order chi connectivity index (χ0) is 14.9. The van der Waals surface area contributed by atoms with E-state index in [9.17, 15) is 0 Å². The van der Waals surface area contributed by atoms with Crippen LogP contribution in [0.25, 0.3) is 0 Å². The van der Waals surface area contributed by atoms with Crippen LogP contribution in [0, 0.1) is 5.92 Å². The number of guanidine groups is 1. The maximum atomic E-state index is 5.15. The van der Waals surface area contributed by atoms with Gasteiger partial charge in [-0.2, -0.15) is 0 Å². The highest BCUT2D eigenvalue weighted by Gasteiger charge is 2.21. The Morgan fingerprint density at radius 2 is 1.95 bits per heavy atom.